The van der Waals surface area contributed by atoms with Crippen LogP contribution >= 0.6 is 0 Å². The van der Waals surface area contributed by atoms with Crippen molar-refractivity contribution in [2.75, 3.05) is 13.7 Å². The van der Waals surface area contributed by atoms with Gasteiger partial charge >= 0.3 is 5.97 Å². The minimum absolute atomic E-state index is 0.0576. The van der Waals surface area contributed by atoms with Gasteiger partial charge in [0.25, 0.3) is 0 Å². The molecule has 0 aliphatic rings. The van der Waals surface area contributed by atoms with Gasteiger partial charge in [-0.3, -0.25) is 9.59 Å². The molecular weight excluding hydrogens is 286 g/mol. The molecule has 0 aromatic heterocycles. The van der Waals surface area contributed by atoms with Crippen LogP contribution < -0.4 is 14.8 Å². The molecule has 0 bridgehead atoms. The van der Waals surface area contributed by atoms with Crippen LogP contribution in [0.25, 0.3) is 0 Å². The fraction of sp³-hybridized carbons (Fsp3) is 0.500. The number of rotatable bonds is 10. The van der Waals surface area contributed by atoms with Crippen LogP contribution in [0, 0.1) is 0 Å². The van der Waals surface area contributed by atoms with Crippen molar-refractivity contribution in [3.8, 4) is 11.5 Å². The number of benzene rings is 1. The number of amides is 1. The van der Waals surface area contributed by atoms with Gasteiger partial charge in [-0.1, -0.05) is 0 Å². The summed E-state index contributed by atoms with van der Waals surface area (Å²) in [6.45, 7) is 2.25. The molecule has 1 rings (SSSR count). The summed E-state index contributed by atoms with van der Waals surface area (Å²) in [5.41, 5.74) is 0. The molecule has 2 N–H and O–H groups in total. The van der Waals surface area contributed by atoms with Gasteiger partial charge in [0.1, 0.15) is 11.5 Å². The lowest BCUT2D eigenvalue weighted by molar-refractivity contribution is -0.137. The molecule has 0 aliphatic carbocycles. The number of aliphatic carboxylic acids is 1. The topological polar surface area (TPSA) is 84.9 Å². The van der Waals surface area contributed by atoms with Crippen molar-refractivity contribution in [1.82, 2.24) is 5.32 Å². The van der Waals surface area contributed by atoms with Gasteiger partial charge in [-0.15, -0.1) is 0 Å². The van der Waals surface area contributed by atoms with Crippen molar-refractivity contribution in [1.29, 1.82) is 0 Å². The third kappa shape index (κ3) is 7.52. The first-order chi connectivity index (χ1) is 10.5. The maximum absolute atomic E-state index is 11.7. The predicted molar refractivity (Wildman–Crippen MR) is 82.2 cm³/mol. The number of carboxylic acid groups (broad SMARTS) is 1. The normalized spacial score (nSPS) is 11.5. The van der Waals surface area contributed by atoms with E-state index in [0.29, 0.717) is 25.9 Å². The molecule has 1 aromatic carbocycles. The van der Waals surface area contributed by atoms with Crippen molar-refractivity contribution < 1.29 is 24.2 Å². The van der Waals surface area contributed by atoms with Crippen molar-refractivity contribution in [2.24, 2.45) is 0 Å². The van der Waals surface area contributed by atoms with Crippen LogP contribution in [0.3, 0.4) is 0 Å². The van der Waals surface area contributed by atoms with E-state index in [0.717, 1.165) is 11.5 Å². The third-order valence-electron chi connectivity index (χ3n) is 3.07. The molecule has 0 saturated carbocycles. The second-order valence-electron chi connectivity index (χ2n) is 5.03. The Morgan fingerprint density at radius 1 is 1.18 bits per heavy atom. The van der Waals surface area contributed by atoms with Gasteiger partial charge in [0.15, 0.2) is 0 Å². The lowest BCUT2D eigenvalue weighted by atomic mass is 10.2. The van der Waals surface area contributed by atoms with Crippen LogP contribution in [-0.2, 0) is 9.59 Å². The quantitative estimate of drug-likeness (QED) is 0.647. The highest BCUT2D eigenvalue weighted by Crippen LogP contribution is 2.17. The lowest BCUT2D eigenvalue weighted by Crippen LogP contribution is -2.32. The molecule has 1 atom stereocenters. The summed E-state index contributed by atoms with van der Waals surface area (Å²) in [6, 6.07) is 7.11. The number of methoxy groups -OCH3 is 1. The maximum atomic E-state index is 11.7. The van der Waals surface area contributed by atoms with Gasteiger partial charge in [0.05, 0.1) is 13.7 Å². The number of carbonyl (C=O) groups is 2. The second kappa shape index (κ2) is 9.65. The van der Waals surface area contributed by atoms with E-state index in [1.54, 1.807) is 14.0 Å². The Morgan fingerprint density at radius 3 is 2.41 bits per heavy atom. The van der Waals surface area contributed by atoms with E-state index in [1.807, 2.05) is 24.3 Å². The molecule has 6 nitrogen and oxygen atoms in total. The van der Waals surface area contributed by atoms with Crippen LogP contribution in [0.15, 0.2) is 24.3 Å². The van der Waals surface area contributed by atoms with E-state index >= 15 is 0 Å². The molecule has 1 amide bonds. The van der Waals surface area contributed by atoms with E-state index < -0.39 is 5.97 Å². The number of ether oxygens (including phenoxy) is 2. The molecule has 0 fully saturated rings. The van der Waals surface area contributed by atoms with E-state index in [2.05, 4.69) is 5.32 Å². The fourth-order valence-corrected chi connectivity index (χ4v) is 1.85. The molecule has 122 valence electrons. The predicted octanol–water partition coefficient (Wildman–Crippen LogP) is 2.22. The Balaban J connectivity index is 2.15. The fourth-order valence-electron chi connectivity index (χ4n) is 1.85. The highest BCUT2D eigenvalue weighted by molar-refractivity contribution is 5.76. The maximum Gasteiger partial charge on any atom is 0.303 e. The highest BCUT2D eigenvalue weighted by Gasteiger charge is 2.09. The smallest absolute Gasteiger partial charge is 0.303 e. The van der Waals surface area contributed by atoms with Crippen LogP contribution in [0.2, 0.25) is 0 Å². The zero-order valence-corrected chi connectivity index (χ0v) is 13.0. The molecule has 0 heterocycles. The van der Waals surface area contributed by atoms with Crippen LogP contribution in [0.1, 0.15) is 32.6 Å². The van der Waals surface area contributed by atoms with Crippen molar-refractivity contribution >= 4 is 11.9 Å². The molecule has 0 aliphatic heterocycles. The molecule has 1 aromatic rings. The van der Waals surface area contributed by atoms with Crippen LogP contribution in [0.4, 0.5) is 0 Å². The van der Waals surface area contributed by atoms with Gasteiger partial charge in [0.2, 0.25) is 5.91 Å². The molecule has 0 radical (unpaired) electrons. The summed E-state index contributed by atoms with van der Waals surface area (Å²) in [4.78, 5) is 22.1. The average molecular weight is 309 g/mol. The first kappa shape index (κ1) is 17.8. The molecular formula is C16H23NO5. The monoisotopic (exact) mass is 309 g/mol. The number of hydrogen-bond acceptors (Lipinski definition) is 4. The summed E-state index contributed by atoms with van der Waals surface area (Å²) in [5, 5.41) is 11.3. The molecule has 0 saturated heterocycles. The average Bonchev–Trinajstić information content (AvgIpc) is 2.50. The summed E-state index contributed by atoms with van der Waals surface area (Å²) in [7, 11) is 1.60. The molecule has 0 spiro atoms. The molecule has 22 heavy (non-hydrogen) atoms. The summed E-state index contributed by atoms with van der Waals surface area (Å²) in [5.74, 6) is 0.559. The zero-order chi connectivity index (χ0) is 16.4. The number of carboxylic acids is 1. The minimum atomic E-state index is -0.853. The SMILES string of the molecule is COc1ccc(OCCCC(=O)NC(C)CCC(=O)O)cc1. The standard InChI is InChI=1S/C16H23NO5/c1-12(5-10-16(19)20)17-15(18)4-3-11-22-14-8-6-13(21-2)7-9-14/h6-9,12H,3-5,10-11H2,1-2H3,(H,17,18)(H,19,20). The van der Waals surface area contributed by atoms with Crippen molar-refractivity contribution in [2.45, 2.75) is 38.6 Å². The Bertz CT molecular complexity index is 472. The first-order valence-electron chi connectivity index (χ1n) is 7.29. The van der Waals surface area contributed by atoms with Crippen molar-refractivity contribution in [3.05, 3.63) is 24.3 Å². The Hall–Kier alpha value is -2.24. The number of carbonyl (C=O) groups excluding carboxylic acids is 1. The van der Waals surface area contributed by atoms with E-state index in [1.165, 1.54) is 0 Å². The van der Waals surface area contributed by atoms with E-state index in [4.69, 9.17) is 14.6 Å². The van der Waals surface area contributed by atoms with E-state index in [9.17, 15) is 9.59 Å². The lowest BCUT2D eigenvalue weighted by Gasteiger charge is -2.12. The Labute approximate surface area is 130 Å². The second-order valence-corrected chi connectivity index (χ2v) is 5.03. The summed E-state index contributed by atoms with van der Waals surface area (Å²) in [6.07, 6.45) is 1.45. The summed E-state index contributed by atoms with van der Waals surface area (Å²) < 4.78 is 10.6. The van der Waals surface area contributed by atoms with Gasteiger partial charge in [0, 0.05) is 18.9 Å². The molecule has 6 heteroatoms. The van der Waals surface area contributed by atoms with E-state index in [-0.39, 0.29) is 18.4 Å². The largest absolute Gasteiger partial charge is 0.497 e. The Morgan fingerprint density at radius 2 is 1.82 bits per heavy atom. The third-order valence-corrected chi connectivity index (χ3v) is 3.07. The van der Waals surface area contributed by atoms with Crippen LogP contribution in [-0.4, -0.2) is 36.7 Å². The first-order valence-corrected chi connectivity index (χ1v) is 7.29. The number of nitrogens with one attached hydrogen (secondary N) is 1. The van der Waals surface area contributed by atoms with Crippen LogP contribution in [0.5, 0.6) is 11.5 Å². The van der Waals surface area contributed by atoms with Crippen molar-refractivity contribution in [3.63, 3.8) is 0 Å². The summed E-state index contributed by atoms with van der Waals surface area (Å²) >= 11 is 0. The Kier molecular flexibility index (Phi) is 7.81. The zero-order valence-electron chi connectivity index (χ0n) is 13.0. The number of hydrogen-bond donors (Lipinski definition) is 2. The van der Waals surface area contributed by atoms with Gasteiger partial charge in [-0.25, -0.2) is 0 Å². The minimum Gasteiger partial charge on any atom is -0.497 e. The van der Waals surface area contributed by atoms with Gasteiger partial charge in [-0.05, 0) is 44.0 Å². The molecule has 1 unspecified atom stereocenters. The highest BCUT2D eigenvalue weighted by atomic mass is 16.5. The van der Waals surface area contributed by atoms with Gasteiger partial charge < -0.3 is 19.9 Å². The van der Waals surface area contributed by atoms with Gasteiger partial charge in [-0.2, -0.15) is 0 Å².